The van der Waals surface area contributed by atoms with Gasteiger partial charge in [0.2, 0.25) is 0 Å². The van der Waals surface area contributed by atoms with Crippen LogP contribution >= 0.6 is 11.3 Å². The third kappa shape index (κ3) is 6.52. The van der Waals surface area contributed by atoms with Crippen LogP contribution in [-0.4, -0.2) is 42.8 Å². The molecule has 158 valence electrons. The third-order valence-electron chi connectivity index (χ3n) is 5.25. The average Bonchev–Trinajstić information content (AvgIpc) is 3.16. The Labute approximate surface area is 178 Å². The molecule has 7 heteroatoms. The first-order chi connectivity index (χ1) is 14.1. The van der Waals surface area contributed by atoms with Gasteiger partial charge in [0.05, 0.1) is 6.54 Å². The molecule has 6 nitrogen and oxygen atoms in total. The van der Waals surface area contributed by atoms with Gasteiger partial charge in [-0.3, -0.25) is 0 Å². The molecular formula is C22H33N5OS. The molecule has 1 fully saturated rings. The number of hydrogen-bond acceptors (Lipinski definition) is 5. The number of nitrogens with zero attached hydrogens (tertiary/aromatic N) is 2. The third-order valence-corrected chi connectivity index (χ3v) is 6.15. The van der Waals surface area contributed by atoms with E-state index in [0.29, 0.717) is 6.54 Å². The van der Waals surface area contributed by atoms with Crippen LogP contribution in [0, 0.1) is 6.92 Å². The fourth-order valence-corrected chi connectivity index (χ4v) is 4.35. The number of nitrogens with one attached hydrogen (secondary N) is 3. The first-order valence-electron chi connectivity index (χ1n) is 10.4. The molecule has 0 aliphatic carbocycles. The fourth-order valence-electron chi connectivity index (χ4n) is 3.63. The van der Waals surface area contributed by atoms with E-state index in [-0.39, 0.29) is 11.6 Å². The highest BCUT2D eigenvalue weighted by Gasteiger charge is 2.34. The molecule has 1 aromatic carbocycles. The molecule has 1 atom stereocenters. The lowest BCUT2D eigenvalue weighted by atomic mass is 9.88. The number of guanidine groups is 1. The molecule has 1 saturated heterocycles. The van der Waals surface area contributed by atoms with E-state index in [9.17, 15) is 0 Å². The second kappa shape index (κ2) is 10.7. The number of aliphatic imine (C=N–C) groups is 1. The molecule has 3 N–H and O–H groups in total. The van der Waals surface area contributed by atoms with E-state index < -0.39 is 0 Å². The Morgan fingerprint density at radius 3 is 2.66 bits per heavy atom. The van der Waals surface area contributed by atoms with Gasteiger partial charge in [0.1, 0.15) is 5.01 Å². The van der Waals surface area contributed by atoms with E-state index >= 15 is 0 Å². The molecule has 0 amide bonds. The van der Waals surface area contributed by atoms with Gasteiger partial charge in [0.15, 0.2) is 5.96 Å². The van der Waals surface area contributed by atoms with E-state index in [2.05, 4.69) is 72.0 Å². The molecule has 2 aromatic rings. The van der Waals surface area contributed by atoms with Crippen LogP contribution in [0.4, 0.5) is 0 Å². The van der Waals surface area contributed by atoms with Crippen molar-refractivity contribution in [2.75, 3.05) is 26.3 Å². The minimum atomic E-state index is -0.0263. The normalized spacial score (nSPS) is 17.7. The largest absolute Gasteiger partial charge is 0.381 e. The summed E-state index contributed by atoms with van der Waals surface area (Å²) in [5.74, 6) is 0.834. The predicted molar refractivity (Wildman–Crippen MR) is 120 cm³/mol. The molecule has 2 heterocycles. The van der Waals surface area contributed by atoms with Crippen molar-refractivity contribution in [3.8, 4) is 0 Å². The number of rotatable bonds is 8. The lowest BCUT2D eigenvalue weighted by molar-refractivity contribution is 0.0355. The molecule has 3 rings (SSSR count). The fraction of sp³-hybridized carbons (Fsp3) is 0.545. The van der Waals surface area contributed by atoms with Gasteiger partial charge in [-0.1, -0.05) is 30.3 Å². The summed E-state index contributed by atoms with van der Waals surface area (Å²) in [4.78, 5) is 10.4. The van der Waals surface area contributed by atoms with Crippen molar-refractivity contribution in [3.63, 3.8) is 0 Å². The molecule has 1 unspecified atom stereocenters. The zero-order valence-corrected chi connectivity index (χ0v) is 18.5. The Bertz CT molecular complexity index is 771. The first kappa shape index (κ1) is 21.7. The molecule has 0 bridgehead atoms. The van der Waals surface area contributed by atoms with Gasteiger partial charge in [0.25, 0.3) is 0 Å². The second-order valence-corrected chi connectivity index (χ2v) is 8.90. The van der Waals surface area contributed by atoms with E-state index in [0.717, 1.165) is 50.1 Å². The van der Waals surface area contributed by atoms with E-state index in [1.807, 2.05) is 6.20 Å². The van der Waals surface area contributed by atoms with Gasteiger partial charge in [-0.2, -0.15) is 0 Å². The zero-order valence-electron chi connectivity index (χ0n) is 17.7. The summed E-state index contributed by atoms with van der Waals surface area (Å²) in [7, 11) is 0. The SMILES string of the molecule is CCNC(=NCc1ncc(C)s1)NCC1(NC(C)c2ccccc2)CCOCC1. The highest BCUT2D eigenvalue weighted by Crippen LogP contribution is 2.25. The number of thiazole rings is 1. The summed E-state index contributed by atoms with van der Waals surface area (Å²) in [5, 5.41) is 11.8. The Hall–Kier alpha value is -1.96. The highest BCUT2D eigenvalue weighted by atomic mass is 32.1. The first-order valence-corrected chi connectivity index (χ1v) is 11.3. The molecule has 0 radical (unpaired) electrons. The number of benzene rings is 1. The highest BCUT2D eigenvalue weighted by molar-refractivity contribution is 7.11. The van der Waals surface area contributed by atoms with Crippen molar-refractivity contribution >= 4 is 17.3 Å². The Morgan fingerprint density at radius 1 is 1.24 bits per heavy atom. The maximum absolute atomic E-state index is 5.65. The van der Waals surface area contributed by atoms with Crippen molar-refractivity contribution < 1.29 is 4.74 Å². The summed E-state index contributed by atoms with van der Waals surface area (Å²) in [5.41, 5.74) is 1.28. The van der Waals surface area contributed by atoms with Crippen molar-refractivity contribution in [1.29, 1.82) is 0 Å². The number of hydrogen-bond donors (Lipinski definition) is 3. The molecule has 29 heavy (non-hydrogen) atoms. The Balaban J connectivity index is 1.66. The number of aromatic nitrogens is 1. The second-order valence-electron chi connectivity index (χ2n) is 7.58. The summed E-state index contributed by atoms with van der Waals surface area (Å²) < 4.78 is 5.65. The minimum Gasteiger partial charge on any atom is -0.381 e. The quantitative estimate of drug-likeness (QED) is 0.455. The van der Waals surface area contributed by atoms with E-state index in [4.69, 9.17) is 9.73 Å². The molecule has 0 spiro atoms. The number of aryl methyl sites for hydroxylation is 1. The van der Waals surface area contributed by atoms with Gasteiger partial charge in [-0.15, -0.1) is 11.3 Å². The van der Waals surface area contributed by atoms with Crippen LogP contribution in [0.1, 0.15) is 48.2 Å². The molecule has 1 aliphatic heterocycles. The van der Waals surface area contributed by atoms with Crippen LogP contribution in [0.2, 0.25) is 0 Å². The molecule has 1 aromatic heterocycles. The van der Waals surface area contributed by atoms with Crippen LogP contribution < -0.4 is 16.0 Å². The summed E-state index contributed by atoms with van der Waals surface area (Å²) in [6.45, 7) is 10.2. The average molecular weight is 416 g/mol. The zero-order chi connectivity index (χ0) is 20.5. The smallest absolute Gasteiger partial charge is 0.191 e. The lowest BCUT2D eigenvalue weighted by Crippen LogP contribution is -2.58. The Kier molecular flexibility index (Phi) is 8.03. The van der Waals surface area contributed by atoms with E-state index in [1.165, 1.54) is 10.4 Å². The van der Waals surface area contributed by atoms with Crippen LogP contribution in [0.15, 0.2) is 41.5 Å². The molecule has 0 saturated carbocycles. The topological polar surface area (TPSA) is 70.6 Å². The summed E-state index contributed by atoms with van der Waals surface area (Å²) in [6, 6.07) is 10.9. The summed E-state index contributed by atoms with van der Waals surface area (Å²) in [6.07, 6.45) is 3.85. The molecular weight excluding hydrogens is 382 g/mol. The Morgan fingerprint density at radius 2 is 2.00 bits per heavy atom. The van der Waals surface area contributed by atoms with E-state index in [1.54, 1.807) is 11.3 Å². The van der Waals surface area contributed by atoms with Gasteiger partial charge >= 0.3 is 0 Å². The van der Waals surface area contributed by atoms with Crippen LogP contribution in [0.25, 0.3) is 0 Å². The predicted octanol–water partition coefficient (Wildman–Crippen LogP) is 3.41. The van der Waals surface area contributed by atoms with Gasteiger partial charge < -0.3 is 20.7 Å². The van der Waals surface area contributed by atoms with Gasteiger partial charge in [-0.25, -0.2) is 9.98 Å². The van der Waals surface area contributed by atoms with Crippen molar-refractivity contribution in [1.82, 2.24) is 20.9 Å². The van der Waals surface area contributed by atoms with Crippen LogP contribution in [0.3, 0.4) is 0 Å². The van der Waals surface area contributed by atoms with Crippen molar-refractivity contribution in [2.45, 2.75) is 51.7 Å². The van der Waals surface area contributed by atoms with Crippen LogP contribution in [-0.2, 0) is 11.3 Å². The maximum atomic E-state index is 5.65. The monoisotopic (exact) mass is 415 g/mol. The minimum absolute atomic E-state index is 0.0263. The standard InChI is InChI=1S/C22H33N5OS/c1-4-23-21(25-15-20-24-14-17(2)29-20)26-16-22(10-12-28-13-11-22)27-18(3)19-8-6-5-7-9-19/h5-9,14,18,27H,4,10-13,15-16H2,1-3H3,(H2,23,25,26). The van der Waals surface area contributed by atoms with Gasteiger partial charge in [-0.05, 0) is 39.2 Å². The van der Waals surface area contributed by atoms with Crippen molar-refractivity contribution in [2.24, 2.45) is 4.99 Å². The van der Waals surface area contributed by atoms with Crippen molar-refractivity contribution in [3.05, 3.63) is 52.0 Å². The molecule has 1 aliphatic rings. The maximum Gasteiger partial charge on any atom is 0.191 e. The number of ether oxygens (including phenoxy) is 1. The lowest BCUT2D eigenvalue weighted by Gasteiger charge is -2.41. The van der Waals surface area contributed by atoms with Gasteiger partial charge in [0, 0.05) is 49.0 Å². The van der Waals surface area contributed by atoms with Crippen LogP contribution in [0.5, 0.6) is 0 Å². The summed E-state index contributed by atoms with van der Waals surface area (Å²) >= 11 is 1.70.